The van der Waals surface area contributed by atoms with Crippen molar-refractivity contribution in [2.45, 2.75) is 57.6 Å². The first-order valence-electron chi connectivity index (χ1n) is 7.24. The Kier molecular flexibility index (Phi) is 4.49. The molecule has 0 atom stereocenters. The summed E-state index contributed by atoms with van der Waals surface area (Å²) in [5.41, 5.74) is 7.31. The highest BCUT2D eigenvalue weighted by molar-refractivity contribution is 6.31. The summed E-state index contributed by atoms with van der Waals surface area (Å²) in [5.74, 6) is 0. The number of carbonyl (C=O) groups excluding carboxylic acids is 1. The van der Waals surface area contributed by atoms with Crippen LogP contribution in [-0.2, 0) is 11.2 Å². The van der Waals surface area contributed by atoms with E-state index in [1.165, 1.54) is 0 Å². The lowest BCUT2D eigenvalue weighted by molar-refractivity contribution is 0.0636. The molecule has 1 aromatic carbocycles. The van der Waals surface area contributed by atoms with Gasteiger partial charge in [-0.1, -0.05) is 17.7 Å². The minimum absolute atomic E-state index is 0.0111. The number of anilines is 1. The van der Waals surface area contributed by atoms with Gasteiger partial charge in [-0.05, 0) is 64.2 Å². The maximum absolute atomic E-state index is 11.9. The van der Waals surface area contributed by atoms with Crippen LogP contribution in [-0.4, -0.2) is 17.2 Å². The molecule has 1 saturated carbocycles. The lowest BCUT2D eigenvalue weighted by Crippen LogP contribution is -2.27. The molecule has 1 fully saturated rings. The van der Waals surface area contributed by atoms with E-state index in [1.54, 1.807) is 6.07 Å². The van der Waals surface area contributed by atoms with Crippen LogP contribution in [0.25, 0.3) is 0 Å². The molecule has 0 spiro atoms. The second kappa shape index (κ2) is 5.85. The van der Waals surface area contributed by atoms with Gasteiger partial charge in [-0.3, -0.25) is 5.32 Å². The molecule has 0 radical (unpaired) electrons. The molecule has 0 aliphatic heterocycles. The molecular weight excluding hydrogens is 288 g/mol. The first kappa shape index (κ1) is 16.1. The molecule has 1 aromatic rings. The van der Waals surface area contributed by atoms with Crippen LogP contribution in [0.15, 0.2) is 18.2 Å². The largest absolute Gasteiger partial charge is 0.444 e. The molecule has 4 nitrogen and oxygen atoms in total. The molecule has 2 rings (SSSR count). The number of benzene rings is 1. The summed E-state index contributed by atoms with van der Waals surface area (Å²) in [6, 6.07) is 5.50. The van der Waals surface area contributed by atoms with Gasteiger partial charge in [0.15, 0.2) is 0 Å². The van der Waals surface area contributed by atoms with Gasteiger partial charge < -0.3 is 10.5 Å². The third-order valence-corrected chi connectivity index (χ3v) is 3.73. The Hall–Kier alpha value is -1.26. The Morgan fingerprint density at radius 3 is 2.67 bits per heavy atom. The number of aryl methyl sites for hydroxylation is 1. The van der Waals surface area contributed by atoms with Gasteiger partial charge in [-0.15, -0.1) is 0 Å². The Morgan fingerprint density at radius 1 is 1.43 bits per heavy atom. The number of hydrogen-bond donors (Lipinski definition) is 2. The minimum Gasteiger partial charge on any atom is -0.444 e. The molecule has 0 bridgehead atoms. The normalized spacial score (nSPS) is 16.4. The topological polar surface area (TPSA) is 64.3 Å². The van der Waals surface area contributed by atoms with Gasteiger partial charge in [0.1, 0.15) is 5.60 Å². The fourth-order valence-corrected chi connectivity index (χ4v) is 2.26. The number of rotatable bonds is 4. The van der Waals surface area contributed by atoms with Crippen molar-refractivity contribution in [3.63, 3.8) is 0 Å². The summed E-state index contributed by atoms with van der Waals surface area (Å²) in [5, 5.41) is 3.36. The summed E-state index contributed by atoms with van der Waals surface area (Å²) in [7, 11) is 0. The standard InChI is InChI=1S/C16H23ClN2O2/c1-15(2,3)21-14(20)19-13-10-12(17)5-4-11(13)6-7-16(18)8-9-16/h4-5,10H,6-9,18H2,1-3H3,(H,19,20). The zero-order valence-electron chi connectivity index (χ0n) is 12.8. The maximum Gasteiger partial charge on any atom is 0.412 e. The average molecular weight is 311 g/mol. The van der Waals surface area contributed by atoms with Crippen LogP contribution >= 0.6 is 11.6 Å². The molecular formula is C16H23ClN2O2. The summed E-state index contributed by atoms with van der Waals surface area (Å²) in [4.78, 5) is 11.9. The van der Waals surface area contributed by atoms with E-state index >= 15 is 0 Å². The van der Waals surface area contributed by atoms with Crippen molar-refractivity contribution in [2.24, 2.45) is 5.73 Å². The van der Waals surface area contributed by atoms with E-state index in [-0.39, 0.29) is 5.54 Å². The third kappa shape index (κ3) is 5.21. The molecule has 5 heteroatoms. The van der Waals surface area contributed by atoms with Gasteiger partial charge in [0.2, 0.25) is 0 Å². The Labute approximate surface area is 131 Å². The number of halogens is 1. The number of nitrogens with one attached hydrogen (secondary N) is 1. The van der Waals surface area contributed by atoms with Crippen molar-refractivity contribution in [2.75, 3.05) is 5.32 Å². The lowest BCUT2D eigenvalue weighted by atomic mass is 10.0. The SMILES string of the molecule is CC(C)(C)OC(=O)Nc1cc(Cl)ccc1CCC1(N)CC1. The van der Waals surface area contributed by atoms with E-state index in [2.05, 4.69) is 5.32 Å². The number of carbonyl (C=O) groups is 1. The van der Waals surface area contributed by atoms with Crippen LogP contribution in [0.3, 0.4) is 0 Å². The van der Waals surface area contributed by atoms with Crippen molar-refractivity contribution in [3.05, 3.63) is 28.8 Å². The Balaban J connectivity index is 2.05. The van der Waals surface area contributed by atoms with Crippen LogP contribution < -0.4 is 11.1 Å². The van der Waals surface area contributed by atoms with Gasteiger partial charge in [0.05, 0.1) is 0 Å². The number of hydrogen-bond acceptors (Lipinski definition) is 3. The van der Waals surface area contributed by atoms with Crippen molar-refractivity contribution in [3.8, 4) is 0 Å². The molecule has 0 saturated heterocycles. The highest BCUT2D eigenvalue weighted by atomic mass is 35.5. The van der Waals surface area contributed by atoms with Gasteiger partial charge in [-0.2, -0.15) is 0 Å². The number of ether oxygens (including phenoxy) is 1. The van der Waals surface area contributed by atoms with Crippen LogP contribution in [0.1, 0.15) is 45.6 Å². The molecule has 21 heavy (non-hydrogen) atoms. The van der Waals surface area contributed by atoms with E-state index < -0.39 is 11.7 Å². The maximum atomic E-state index is 11.9. The molecule has 1 aliphatic rings. The smallest absolute Gasteiger partial charge is 0.412 e. The van der Waals surface area contributed by atoms with Crippen molar-refractivity contribution in [1.82, 2.24) is 0 Å². The lowest BCUT2D eigenvalue weighted by Gasteiger charge is -2.21. The predicted octanol–water partition coefficient (Wildman–Crippen LogP) is 4.11. The van der Waals surface area contributed by atoms with E-state index in [9.17, 15) is 4.79 Å². The second-order valence-corrected chi connectivity index (χ2v) is 7.23. The first-order valence-corrected chi connectivity index (χ1v) is 7.62. The number of nitrogens with two attached hydrogens (primary N) is 1. The highest BCUT2D eigenvalue weighted by Gasteiger charge is 2.37. The van der Waals surface area contributed by atoms with Crippen LogP contribution in [0.2, 0.25) is 5.02 Å². The third-order valence-electron chi connectivity index (χ3n) is 3.49. The molecule has 0 unspecified atom stereocenters. The zero-order valence-corrected chi connectivity index (χ0v) is 13.6. The molecule has 0 heterocycles. The minimum atomic E-state index is -0.530. The fourth-order valence-electron chi connectivity index (χ4n) is 2.09. The van der Waals surface area contributed by atoms with Crippen molar-refractivity contribution < 1.29 is 9.53 Å². The monoisotopic (exact) mass is 310 g/mol. The summed E-state index contributed by atoms with van der Waals surface area (Å²) < 4.78 is 5.28. The Bertz CT molecular complexity index is 534. The highest BCUT2D eigenvalue weighted by Crippen LogP contribution is 2.37. The molecule has 1 amide bonds. The van der Waals surface area contributed by atoms with E-state index in [4.69, 9.17) is 22.1 Å². The van der Waals surface area contributed by atoms with Crippen LogP contribution in [0.4, 0.5) is 10.5 Å². The molecule has 3 N–H and O–H groups in total. The summed E-state index contributed by atoms with van der Waals surface area (Å²) in [6.45, 7) is 5.49. The molecule has 0 aromatic heterocycles. The van der Waals surface area contributed by atoms with E-state index in [1.807, 2.05) is 32.9 Å². The number of amides is 1. The molecule has 1 aliphatic carbocycles. The van der Waals surface area contributed by atoms with E-state index in [0.29, 0.717) is 10.7 Å². The van der Waals surface area contributed by atoms with Gasteiger partial charge in [0.25, 0.3) is 0 Å². The van der Waals surface area contributed by atoms with Crippen molar-refractivity contribution in [1.29, 1.82) is 0 Å². The van der Waals surface area contributed by atoms with Crippen molar-refractivity contribution >= 4 is 23.4 Å². The Morgan fingerprint density at radius 2 is 2.10 bits per heavy atom. The zero-order chi connectivity index (χ0) is 15.7. The quantitative estimate of drug-likeness (QED) is 0.879. The second-order valence-electron chi connectivity index (χ2n) is 6.79. The van der Waals surface area contributed by atoms with E-state index in [0.717, 1.165) is 31.2 Å². The van der Waals surface area contributed by atoms with Crippen LogP contribution in [0.5, 0.6) is 0 Å². The van der Waals surface area contributed by atoms with Gasteiger partial charge in [0, 0.05) is 16.2 Å². The average Bonchev–Trinajstić information content (AvgIpc) is 3.04. The fraction of sp³-hybridized carbons (Fsp3) is 0.562. The first-order chi connectivity index (χ1) is 9.67. The summed E-state index contributed by atoms with van der Waals surface area (Å²) >= 11 is 6.02. The predicted molar refractivity (Wildman–Crippen MR) is 85.8 cm³/mol. The van der Waals surface area contributed by atoms with Crippen LogP contribution in [0, 0.1) is 0 Å². The van der Waals surface area contributed by atoms with Gasteiger partial charge in [-0.25, -0.2) is 4.79 Å². The summed E-state index contributed by atoms with van der Waals surface area (Å²) in [6.07, 6.45) is 3.42. The molecule has 116 valence electrons. The van der Waals surface area contributed by atoms with Gasteiger partial charge >= 0.3 is 6.09 Å².